The third kappa shape index (κ3) is 3.66. The third-order valence-electron chi connectivity index (χ3n) is 2.43. The molecule has 0 aliphatic rings. The van der Waals surface area contributed by atoms with E-state index in [2.05, 4.69) is 34.3 Å². The van der Waals surface area contributed by atoms with Crippen LogP contribution in [0.5, 0.6) is 0 Å². The van der Waals surface area contributed by atoms with Crippen molar-refractivity contribution in [1.29, 1.82) is 0 Å². The molecule has 0 aromatic carbocycles. The highest BCUT2D eigenvalue weighted by Gasteiger charge is 2.05. The van der Waals surface area contributed by atoms with Gasteiger partial charge < -0.3 is 14.4 Å². The molecule has 18 heavy (non-hydrogen) atoms. The predicted octanol–water partition coefficient (Wildman–Crippen LogP) is 1.37. The minimum atomic E-state index is 0.567. The van der Waals surface area contributed by atoms with E-state index in [0.717, 1.165) is 18.8 Å². The maximum absolute atomic E-state index is 5.06. The monoisotopic (exact) mass is 249 g/mol. The van der Waals surface area contributed by atoms with E-state index in [1.165, 1.54) is 0 Å². The van der Waals surface area contributed by atoms with Crippen molar-refractivity contribution in [2.24, 2.45) is 5.92 Å². The van der Waals surface area contributed by atoms with Crippen LogP contribution in [0.25, 0.3) is 0 Å². The molecule has 1 N–H and O–H groups in total. The lowest BCUT2D eigenvalue weighted by Crippen LogP contribution is -2.19. The van der Waals surface area contributed by atoms with Crippen molar-refractivity contribution in [3.8, 4) is 0 Å². The Hall–Kier alpha value is -1.69. The van der Waals surface area contributed by atoms with Crippen molar-refractivity contribution in [3.05, 3.63) is 29.9 Å². The number of rotatable bonds is 6. The molecule has 6 heteroatoms. The summed E-state index contributed by atoms with van der Waals surface area (Å²) in [5, 5.41) is 7.11. The molecule has 6 nitrogen and oxygen atoms in total. The summed E-state index contributed by atoms with van der Waals surface area (Å²) < 4.78 is 7.01. The minimum absolute atomic E-state index is 0.567. The average molecular weight is 249 g/mol. The number of nitrogens with zero attached hydrogens (tertiary/aromatic N) is 4. The fourth-order valence-electron chi connectivity index (χ4n) is 1.63. The van der Waals surface area contributed by atoms with Crippen molar-refractivity contribution < 1.29 is 4.52 Å². The Morgan fingerprint density at radius 3 is 2.94 bits per heavy atom. The van der Waals surface area contributed by atoms with Crippen molar-refractivity contribution in [2.75, 3.05) is 6.54 Å². The van der Waals surface area contributed by atoms with Gasteiger partial charge in [0.1, 0.15) is 6.54 Å². The zero-order valence-electron chi connectivity index (χ0n) is 11.1. The average Bonchev–Trinajstić information content (AvgIpc) is 2.89. The van der Waals surface area contributed by atoms with Crippen LogP contribution in [0.3, 0.4) is 0 Å². The van der Waals surface area contributed by atoms with Crippen LogP contribution in [0.15, 0.2) is 17.0 Å². The van der Waals surface area contributed by atoms with Gasteiger partial charge in [0, 0.05) is 12.7 Å². The van der Waals surface area contributed by atoms with Crippen molar-refractivity contribution >= 4 is 0 Å². The Balaban J connectivity index is 1.86. The van der Waals surface area contributed by atoms with Gasteiger partial charge in [-0.1, -0.05) is 19.0 Å². The van der Waals surface area contributed by atoms with Gasteiger partial charge >= 0.3 is 0 Å². The van der Waals surface area contributed by atoms with E-state index in [0.29, 0.717) is 24.2 Å². The fourth-order valence-corrected chi connectivity index (χ4v) is 1.63. The molecule has 2 rings (SSSR count). The summed E-state index contributed by atoms with van der Waals surface area (Å²) in [6.07, 6.45) is 3.78. The quantitative estimate of drug-likeness (QED) is 0.837. The number of hydrogen-bond acceptors (Lipinski definition) is 5. The zero-order chi connectivity index (χ0) is 13.0. The lowest BCUT2D eigenvalue weighted by atomic mass is 10.2. The van der Waals surface area contributed by atoms with E-state index in [-0.39, 0.29) is 0 Å². The summed E-state index contributed by atoms with van der Waals surface area (Å²) in [5.41, 5.74) is 1.02. The van der Waals surface area contributed by atoms with Gasteiger partial charge in [-0.15, -0.1) is 0 Å². The van der Waals surface area contributed by atoms with Gasteiger partial charge in [0.2, 0.25) is 5.89 Å². The Labute approximate surface area is 106 Å². The van der Waals surface area contributed by atoms with E-state index < -0.39 is 0 Å². The molecule has 0 spiro atoms. The number of nitrogens with one attached hydrogen (secondary N) is 1. The molecule has 0 fully saturated rings. The molecule has 0 atom stereocenters. The number of aryl methyl sites for hydroxylation is 1. The molecular weight excluding hydrogens is 230 g/mol. The highest BCUT2D eigenvalue weighted by molar-refractivity contribution is 4.98. The molecule has 0 unspecified atom stereocenters. The standard InChI is InChI=1S/C12H19N5O/c1-9(2)4-13-5-11-6-17(8-14-11)7-12-15-10(3)16-18-12/h6,8-9,13H,4-5,7H2,1-3H3. The van der Waals surface area contributed by atoms with Crippen LogP contribution in [0.4, 0.5) is 0 Å². The molecule has 0 radical (unpaired) electrons. The maximum Gasteiger partial charge on any atom is 0.246 e. The summed E-state index contributed by atoms with van der Waals surface area (Å²) in [6, 6.07) is 0. The summed E-state index contributed by atoms with van der Waals surface area (Å²) in [5.74, 6) is 1.91. The third-order valence-corrected chi connectivity index (χ3v) is 2.43. The second kappa shape index (κ2) is 5.77. The van der Waals surface area contributed by atoms with Crippen LogP contribution >= 0.6 is 0 Å². The van der Waals surface area contributed by atoms with E-state index in [4.69, 9.17) is 4.52 Å². The topological polar surface area (TPSA) is 68.8 Å². The van der Waals surface area contributed by atoms with E-state index in [9.17, 15) is 0 Å². The summed E-state index contributed by atoms with van der Waals surface area (Å²) in [4.78, 5) is 8.49. The van der Waals surface area contributed by atoms with Gasteiger partial charge in [-0.05, 0) is 19.4 Å². The molecule has 0 saturated heterocycles. The second-order valence-electron chi connectivity index (χ2n) is 4.80. The Kier molecular flexibility index (Phi) is 4.09. The first-order valence-corrected chi connectivity index (χ1v) is 6.14. The van der Waals surface area contributed by atoms with Gasteiger partial charge in [0.15, 0.2) is 5.82 Å². The van der Waals surface area contributed by atoms with Crippen LogP contribution in [0, 0.1) is 12.8 Å². The molecule has 0 saturated carbocycles. The second-order valence-corrected chi connectivity index (χ2v) is 4.80. The van der Waals surface area contributed by atoms with E-state index >= 15 is 0 Å². The van der Waals surface area contributed by atoms with E-state index in [1.54, 1.807) is 6.33 Å². The minimum Gasteiger partial charge on any atom is -0.337 e. The van der Waals surface area contributed by atoms with Gasteiger partial charge in [-0.3, -0.25) is 0 Å². The first-order chi connectivity index (χ1) is 8.63. The number of imidazole rings is 1. The lowest BCUT2D eigenvalue weighted by molar-refractivity contribution is 0.367. The van der Waals surface area contributed by atoms with Crippen LogP contribution in [0.1, 0.15) is 31.3 Å². The van der Waals surface area contributed by atoms with Crippen LogP contribution in [-0.2, 0) is 13.1 Å². The largest absolute Gasteiger partial charge is 0.337 e. The molecule has 2 aromatic heterocycles. The van der Waals surface area contributed by atoms with Gasteiger partial charge in [0.05, 0.1) is 12.0 Å². The first kappa shape index (κ1) is 12.8. The first-order valence-electron chi connectivity index (χ1n) is 6.14. The zero-order valence-corrected chi connectivity index (χ0v) is 11.1. The van der Waals surface area contributed by atoms with Crippen molar-refractivity contribution in [3.63, 3.8) is 0 Å². The number of aromatic nitrogens is 4. The molecule has 0 aliphatic heterocycles. The van der Waals surface area contributed by atoms with Gasteiger partial charge in [0.25, 0.3) is 0 Å². The van der Waals surface area contributed by atoms with Crippen molar-refractivity contribution in [2.45, 2.75) is 33.9 Å². The molecule has 0 bridgehead atoms. The van der Waals surface area contributed by atoms with Gasteiger partial charge in [-0.25, -0.2) is 4.98 Å². The molecule has 0 aliphatic carbocycles. The molecule has 0 amide bonds. The molecule has 2 aromatic rings. The molecular formula is C12H19N5O. The van der Waals surface area contributed by atoms with Crippen LogP contribution in [0.2, 0.25) is 0 Å². The summed E-state index contributed by atoms with van der Waals surface area (Å²) >= 11 is 0. The SMILES string of the molecule is Cc1noc(Cn2cnc(CNCC(C)C)c2)n1. The number of hydrogen-bond donors (Lipinski definition) is 1. The van der Waals surface area contributed by atoms with Crippen molar-refractivity contribution in [1.82, 2.24) is 25.0 Å². The summed E-state index contributed by atoms with van der Waals surface area (Å²) in [7, 11) is 0. The van der Waals surface area contributed by atoms with Crippen LogP contribution in [-0.4, -0.2) is 26.2 Å². The van der Waals surface area contributed by atoms with Gasteiger partial charge in [-0.2, -0.15) is 4.98 Å². The van der Waals surface area contributed by atoms with Crippen LogP contribution < -0.4 is 5.32 Å². The fraction of sp³-hybridized carbons (Fsp3) is 0.583. The van der Waals surface area contributed by atoms with E-state index in [1.807, 2.05) is 17.7 Å². The Morgan fingerprint density at radius 1 is 1.44 bits per heavy atom. The maximum atomic E-state index is 5.06. The predicted molar refractivity (Wildman–Crippen MR) is 66.9 cm³/mol. The Bertz CT molecular complexity index is 488. The summed E-state index contributed by atoms with van der Waals surface area (Å²) in [6.45, 7) is 8.52. The lowest BCUT2D eigenvalue weighted by Gasteiger charge is -2.04. The molecule has 98 valence electrons. The molecule has 2 heterocycles. The highest BCUT2D eigenvalue weighted by atomic mass is 16.5. The normalized spacial score (nSPS) is 11.3. The smallest absolute Gasteiger partial charge is 0.246 e. The highest BCUT2D eigenvalue weighted by Crippen LogP contribution is 2.02. The Morgan fingerprint density at radius 2 is 2.28 bits per heavy atom.